The molecular weight excluding hydrogens is 457 g/mol. The van der Waals surface area contributed by atoms with Crippen molar-refractivity contribution in [3.63, 3.8) is 0 Å². The van der Waals surface area contributed by atoms with E-state index < -0.39 is 12.1 Å². The maximum atomic E-state index is 13.3. The summed E-state index contributed by atoms with van der Waals surface area (Å²) in [6.07, 6.45) is -0.746. The zero-order valence-electron chi connectivity index (χ0n) is 19.1. The number of aromatic nitrogens is 5. The fourth-order valence-electron chi connectivity index (χ4n) is 5.01. The van der Waals surface area contributed by atoms with E-state index in [0.29, 0.717) is 43.3 Å². The van der Waals surface area contributed by atoms with Crippen molar-refractivity contribution in [1.29, 1.82) is 0 Å². The number of fused-ring (bicyclic) bond motifs is 3. The van der Waals surface area contributed by atoms with E-state index in [-0.39, 0.29) is 12.8 Å². The van der Waals surface area contributed by atoms with Gasteiger partial charge in [0.15, 0.2) is 5.65 Å². The van der Waals surface area contributed by atoms with Gasteiger partial charge in [-0.2, -0.15) is 13.2 Å². The second kappa shape index (κ2) is 8.21. The van der Waals surface area contributed by atoms with E-state index in [1.807, 2.05) is 25.1 Å². The molecule has 0 spiro atoms. The molecule has 0 radical (unpaired) electrons. The van der Waals surface area contributed by atoms with Crippen LogP contribution in [0.5, 0.6) is 5.75 Å². The molecule has 4 aromatic rings. The number of nitrogens with zero attached hydrogens (tertiary/aromatic N) is 5. The van der Waals surface area contributed by atoms with Gasteiger partial charge in [0.25, 0.3) is 0 Å². The first-order valence-corrected chi connectivity index (χ1v) is 11.6. The van der Waals surface area contributed by atoms with Crippen LogP contribution in [-0.4, -0.2) is 44.2 Å². The third kappa shape index (κ3) is 4.06. The van der Waals surface area contributed by atoms with Crippen molar-refractivity contribution in [2.45, 2.75) is 38.9 Å². The minimum Gasteiger partial charge on any atom is -0.491 e. The summed E-state index contributed by atoms with van der Waals surface area (Å²) in [6, 6.07) is 8.06. The summed E-state index contributed by atoms with van der Waals surface area (Å²) in [4.78, 5) is 22.8. The van der Waals surface area contributed by atoms with Gasteiger partial charge >= 0.3 is 6.18 Å². The number of alkyl halides is 3. The summed E-state index contributed by atoms with van der Waals surface area (Å²) in [6.45, 7) is 3.47. The molecule has 7 nitrogen and oxygen atoms in total. The van der Waals surface area contributed by atoms with Crippen LogP contribution in [0.25, 0.3) is 22.3 Å². The first kappa shape index (κ1) is 21.8. The monoisotopic (exact) mass is 480 g/mol. The Hall–Kier alpha value is -3.69. The number of hydrogen-bond acceptors (Lipinski definition) is 6. The Kier molecular flexibility index (Phi) is 5.12. The Morgan fingerprint density at radius 3 is 2.86 bits per heavy atom. The number of aryl methyl sites for hydroxylation is 1. The van der Waals surface area contributed by atoms with E-state index >= 15 is 0 Å². The van der Waals surface area contributed by atoms with Gasteiger partial charge in [-0.3, -0.25) is 0 Å². The van der Waals surface area contributed by atoms with Crippen LogP contribution in [-0.2, 0) is 19.4 Å². The Balaban J connectivity index is 1.32. The maximum Gasteiger partial charge on any atom is 0.392 e. The molecule has 1 N–H and O–H groups in total. The van der Waals surface area contributed by atoms with Gasteiger partial charge in [-0.1, -0.05) is 6.07 Å². The number of H-pyrrole nitrogens is 1. The summed E-state index contributed by atoms with van der Waals surface area (Å²) in [5.74, 6) is 0.958. The van der Waals surface area contributed by atoms with Crippen LogP contribution in [0.3, 0.4) is 0 Å². The molecule has 1 atom stereocenters. The number of nitrogens with one attached hydrogen (secondary N) is 1. The summed E-state index contributed by atoms with van der Waals surface area (Å²) in [5, 5.41) is 0. The number of pyridine rings is 1. The lowest BCUT2D eigenvalue weighted by Crippen LogP contribution is -2.32. The number of rotatable bonds is 2. The molecule has 1 aromatic carbocycles. The van der Waals surface area contributed by atoms with Gasteiger partial charge in [-0.15, -0.1) is 0 Å². The van der Waals surface area contributed by atoms with Gasteiger partial charge in [0.2, 0.25) is 0 Å². The van der Waals surface area contributed by atoms with E-state index in [4.69, 9.17) is 4.74 Å². The molecule has 0 saturated carbocycles. The van der Waals surface area contributed by atoms with E-state index in [2.05, 4.69) is 35.9 Å². The number of ether oxygens (including phenoxy) is 1. The minimum atomic E-state index is -4.21. The SMILES string of the molecule is Cc1nc2ncc(-c3ccc4c(c3)CN(c3ncnc5c3CCC(C(F)(F)F)C5)CCO4)cc2[nH]1. The molecule has 35 heavy (non-hydrogen) atoms. The molecule has 2 aliphatic rings. The molecule has 3 aromatic heterocycles. The summed E-state index contributed by atoms with van der Waals surface area (Å²) < 4.78 is 45.9. The van der Waals surface area contributed by atoms with Crippen LogP contribution in [0, 0.1) is 12.8 Å². The van der Waals surface area contributed by atoms with Crippen LogP contribution in [0.1, 0.15) is 29.1 Å². The van der Waals surface area contributed by atoms with Gasteiger partial charge in [0.1, 0.15) is 30.3 Å². The molecule has 1 aliphatic heterocycles. The van der Waals surface area contributed by atoms with Crippen LogP contribution in [0.15, 0.2) is 36.8 Å². The number of halogens is 3. The first-order valence-electron chi connectivity index (χ1n) is 11.6. The Labute approximate surface area is 199 Å². The number of benzene rings is 1. The van der Waals surface area contributed by atoms with Crippen LogP contribution in [0.2, 0.25) is 0 Å². The van der Waals surface area contributed by atoms with Crippen LogP contribution < -0.4 is 9.64 Å². The number of anilines is 1. The molecule has 1 aliphatic carbocycles. The fourth-order valence-corrected chi connectivity index (χ4v) is 5.01. The Morgan fingerprint density at radius 1 is 1.11 bits per heavy atom. The quantitative estimate of drug-likeness (QED) is 0.445. The van der Waals surface area contributed by atoms with Crippen molar-refractivity contribution in [1.82, 2.24) is 24.9 Å². The zero-order valence-corrected chi connectivity index (χ0v) is 19.1. The molecule has 0 bridgehead atoms. The highest BCUT2D eigenvalue weighted by Gasteiger charge is 2.42. The van der Waals surface area contributed by atoms with Gasteiger partial charge < -0.3 is 14.6 Å². The maximum absolute atomic E-state index is 13.3. The van der Waals surface area contributed by atoms with Gasteiger partial charge in [-0.25, -0.2) is 19.9 Å². The van der Waals surface area contributed by atoms with E-state index in [1.165, 1.54) is 6.33 Å². The second-order valence-electron chi connectivity index (χ2n) is 9.11. The molecule has 10 heteroatoms. The predicted octanol–water partition coefficient (Wildman–Crippen LogP) is 4.79. The Morgan fingerprint density at radius 2 is 2.00 bits per heavy atom. The summed E-state index contributed by atoms with van der Waals surface area (Å²) in [7, 11) is 0. The minimum absolute atomic E-state index is 0.0600. The van der Waals surface area contributed by atoms with Crippen molar-refractivity contribution in [3.05, 3.63) is 59.4 Å². The van der Waals surface area contributed by atoms with Crippen molar-refractivity contribution >= 4 is 17.0 Å². The largest absolute Gasteiger partial charge is 0.491 e. The zero-order chi connectivity index (χ0) is 24.2. The van der Waals surface area contributed by atoms with Gasteiger partial charge in [0, 0.05) is 41.5 Å². The summed E-state index contributed by atoms with van der Waals surface area (Å²) >= 11 is 0. The van der Waals surface area contributed by atoms with Gasteiger partial charge in [0.05, 0.1) is 18.0 Å². The van der Waals surface area contributed by atoms with Crippen molar-refractivity contribution < 1.29 is 17.9 Å². The lowest BCUT2D eigenvalue weighted by Gasteiger charge is -2.30. The molecule has 6 rings (SSSR count). The smallest absolute Gasteiger partial charge is 0.392 e. The first-order chi connectivity index (χ1) is 16.8. The fraction of sp³-hybridized carbons (Fsp3) is 0.360. The lowest BCUT2D eigenvalue weighted by molar-refractivity contribution is -0.177. The van der Waals surface area contributed by atoms with Crippen molar-refractivity contribution in [2.24, 2.45) is 5.92 Å². The highest BCUT2D eigenvalue weighted by Crippen LogP contribution is 2.39. The number of hydrogen-bond donors (Lipinski definition) is 1. The predicted molar refractivity (Wildman–Crippen MR) is 124 cm³/mol. The molecule has 1 unspecified atom stereocenters. The van der Waals surface area contributed by atoms with E-state index in [1.54, 1.807) is 6.20 Å². The highest BCUT2D eigenvalue weighted by molar-refractivity contribution is 5.78. The standard InChI is InChI=1S/C25H23F3N6O/c1-14-32-21-9-16(11-29-23(21)33-14)15-2-5-22-17(8-15)12-34(6-7-35-22)24-19-4-3-18(25(26,27)28)10-20(19)30-13-31-24/h2,5,8-9,11,13,18H,3-4,6-7,10,12H2,1H3,(H,29,32,33). The average Bonchev–Trinajstić information content (AvgIpc) is 3.08. The normalized spacial score (nSPS) is 18.1. The molecule has 0 saturated heterocycles. The topological polar surface area (TPSA) is 79.8 Å². The van der Waals surface area contributed by atoms with Crippen molar-refractivity contribution in [2.75, 3.05) is 18.1 Å². The Bertz CT molecular complexity index is 1420. The molecule has 0 amide bonds. The van der Waals surface area contributed by atoms with Crippen LogP contribution >= 0.6 is 0 Å². The highest BCUT2D eigenvalue weighted by atomic mass is 19.4. The molecule has 4 heterocycles. The second-order valence-corrected chi connectivity index (χ2v) is 9.11. The third-order valence-corrected chi connectivity index (χ3v) is 6.79. The summed E-state index contributed by atoms with van der Waals surface area (Å²) in [5.41, 5.74) is 5.80. The molecule has 0 fully saturated rings. The van der Waals surface area contributed by atoms with Gasteiger partial charge in [-0.05, 0) is 43.5 Å². The van der Waals surface area contributed by atoms with E-state index in [0.717, 1.165) is 39.3 Å². The number of imidazole rings is 1. The average molecular weight is 480 g/mol. The third-order valence-electron chi connectivity index (χ3n) is 6.79. The number of aromatic amines is 1. The lowest BCUT2D eigenvalue weighted by atomic mass is 9.86. The van der Waals surface area contributed by atoms with Crippen molar-refractivity contribution in [3.8, 4) is 16.9 Å². The molecule has 180 valence electrons. The molecular formula is C25H23F3N6O. The van der Waals surface area contributed by atoms with Crippen LogP contribution in [0.4, 0.5) is 19.0 Å². The van der Waals surface area contributed by atoms with E-state index in [9.17, 15) is 13.2 Å².